The number of amides is 1. The van der Waals surface area contributed by atoms with Crippen LogP contribution >= 0.6 is 11.3 Å². The Morgan fingerprint density at radius 2 is 2.17 bits per heavy atom. The summed E-state index contributed by atoms with van der Waals surface area (Å²) in [5, 5.41) is 15.5. The van der Waals surface area contributed by atoms with Crippen LogP contribution in [0.3, 0.4) is 0 Å². The van der Waals surface area contributed by atoms with Gasteiger partial charge >= 0.3 is 0 Å². The molecule has 3 rings (SSSR count). The van der Waals surface area contributed by atoms with Crippen LogP contribution in [-0.4, -0.2) is 34.7 Å². The summed E-state index contributed by atoms with van der Waals surface area (Å²) in [7, 11) is 0. The molecule has 0 unspecified atom stereocenters. The van der Waals surface area contributed by atoms with E-state index in [9.17, 15) is 9.90 Å². The first kappa shape index (κ1) is 16.1. The molecule has 122 valence electrons. The van der Waals surface area contributed by atoms with Gasteiger partial charge in [-0.1, -0.05) is 24.3 Å². The molecule has 1 saturated heterocycles. The Hall–Kier alpha value is -1.76. The molecule has 2 aromatic rings. The predicted molar refractivity (Wildman–Crippen MR) is 91.3 cm³/mol. The van der Waals surface area contributed by atoms with Crippen molar-refractivity contribution in [2.75, 3.05) is 6.54 Å². The van der Waals surface area contributed by atoms with E-state index < -0.39 is 6.10 Å². The number of aromatic nitrogens is 1. The molecule has 0 radical (unpaired) electrons. The molecule has 1 aromatic heterocycles. The molecule has 3 N–H and O–H groups in total. The highest BCUT2D eigenvalue weighted by Gasteiger charge is 2.28. The maximum absolute atomic E-state index is 12.2. The van der Waals surface area contributed by atoms with Crippen molar-refractivity contribution in [3.63, 3.8) is 0 Å². The third-order valence-electron chi connectivity index (χ3n) is 4.20. The first-order valence-corrected chi connectivity index (χ1v) is 8.65. The number of aliphatic hydroxyl groups is 1. The largest absolute Gasteiger partial charge is 0.392 e. The number of carbonyl (C=O) groups is 1. The summed E-state index contributed by atoms with van der Waals surface area (Å²) in [6.07, 6.45) is 0.0466. The van der Waals surface area contributed by atoms with E-state index >= 15 is 0 Å². The molecule has 0 aliphatic carbocycles. The summed E-state index contributed by atoms with van der Waals surface area (Å²) in [4.78, 5) is 17.6. The number of carbonyl (C=O) groups excluding carboxylic acids is 1. The molecule has 1 fully saturated rings. The number of aliphatic hydroxyl groups excluding tert-OH is 1. The molecule has 2 heterocycles. The zero-order chi connectivity index (χ0) is 16.4. The van der Waals surface area contributed by atoms with Gasteiger partial charge in [-0.05, 0) is 31.4 Å². The molecule has 1 aliphatic heterocycles. The summed E-state index contributed by atoms with van der Waals surface area (Å²) < 4.78 is 0. The lowest BCUT2D eigenvalue weighted by Gasteiger charge is -2.18. The van der Waals surface area contributed by atoms with Gasteiger partial charge in [0.15, 0.2) is 0 Å². The lowest BCUT2D eigenvalue weighted by molar-refractivity contribution is -0.123. The summed E-state index contributed by atoms with van der Waals surface area (Å²) in [5.41, 5.74) is 5.09. The van der Waals surface area contributed by atoms with Crippen molar-refractivity contribution in [2.45, 2.75) is 38.5 Å². The van der Waals surface area contributed by atoms with Crippen LogP contribution in [0.25, 0.3) is 10.4 Å². The van der Waals surface area contributed by atoms with Crippen LogP contribution in [0.4, 0.5) is 0 Å². The topological polar surface area (TPSA) is 74.2 Å². The van der Waals surface area contributed by atoms with Crippen molar-refractivity contribution in [1.29, 1.82) is 0 Å². The summed E-state index contributed by atoms with van der Waals surface area (Å²) in [6, 6.07) is 7.84. The van der Waals surface area contributed by atoms with E-state index in [1.165, 1.54) is 4.88 Å². The van der Waals surface area contributed by atoms with E-state index in [1.807, 2.05) is 31.5 Å². The van der Waals surface area contributed by atoms with E-state index in [2.05, 4.69) is 27.8 Å². The van der Waals surface area contributed by atoms with Crippen LogP contribution in [0.15, 0.2) is 29.8 Å². The van der Waals surface area contributed by atoms with Crippen molar-refractivity contribution >= 4 is 17.2 Å². The van der Waals surface area contributed by atoms with Gasteiger partial charge in [-0.15, -0.1) is 11.3 Å². The van der Waals surface area contributed by atoms with Gasteiger partial charge in [-0.2, -0.15) is 0 Å². The average Bonchev–Trinajstić information content (AvgIpc) is 3.16. The van der Waals surface area contributed by atoms with Crippen LogP contribution in [0.1, 0.15) is 30.6 Å². The van der Waals surface area contributed by atoms with E-state index in [4.69, 9.17) is 0 Å². The number of nitrogens with one attached hydrogen (secondary N) is 2. The fraction of sp³-hybridized carbons (Fsp3) is 0.412. The molecule has 0 bridgehead atoms. The second-order valence-electron chi connectivity index (χ2n) is 5.97. The fourth-order valence-corrected chi connectivity index (χ4v) is 3.63. The molecule has 1 amide bonds. The summed E-state index contributed by atoms with van der Waals surface area (Å²) in [6.45, 7) is 4.46. The number of nitrogens with zero attached hydrogens (tertiary/aromatic N) is 1. The monoisotopic (exact) mass is 331 g/mol. The molecule has 5 nitrogen and oxygen atoms in total. The minimum atomic E-state index is -0.428. The zero-order valence-electron chi connectivity index (χ0n) is 13.2. The Labute approximate surface area is 139 Å². The number of β-amino-alcohol motifs (C(OH)–C–C–N with tert-alkyl or cyclic N) is 1. The van der Waals surface area contributed by atoms with Crippen LogP contribution in [0.2, 0.25) is 0 Å². The number of rotatable bonds is 4. The Balaban J connectivity index is 1.65. The quantitative estimate of drug-likeness (QED) is 0.801. The predicted octanol–water partition coefficient (Wildman–Crippen LogP) is 2.02. The van der Waals surface area contributed by atoms with E-state index in [1.54, 1.807) is 11.3 Å². The second-order valence-corrected chi connectivity index (χ2v) is 6.82. The normalized spacial score (nSPS) is 22.0. The Morgan fingerprint density at radius 3 is 2.74 bits per heavy atom. The van der Waals surface area contributed by atoms with Crippen LogP contribution in [0.5, 0.6) is 0 Å². The molecule has 6 heteroatoms. The third-order valence-corrected chi connectivity index (χ3v) is 5.18. The molecule has 3 atom stereocenters. The van der Waals surface area contributed by atoms with Crippen LogP contribution in [-0.2, 0) is 4.79 Å². The lowest BCUT2D eigenvalue weighted by atomic mass is 10.0. The molecule has 23 heavy (non-hydrogen) atoms. The van der Waals surface area contributed by atoms with E-state index in [-0.39, 0.29) is 18.0 Å². The van der Waals surface area contributed by atoms with Crippen molar-refractivity contribution in [3.8, 4) is 10.4 Å². The van der Waals surface area contributed by atoms with Gasteiger partial charge in [0.25, 0.3) is 0 Å². The second kappa shape index (κ2) is 6.78. The minimum Gasteiger partial charge on any atom is -0.392 e. The van der Waals surface area contributed by atoms with Crippen LogP contribution < -0.4 is 10.6 Å². The smallest absolute Gasteiger partial charge is 0.237 e. The van der Waals surface area contributed by atoms with Gasteiger partial charge < -0.3 is 15.7 Å². The van der Waals surface area contributed by atoms with Crippen molar-refractivity contribution < 1.29 is 9.90 Å². The first-order valence-electron chi connectivity index (χ1n) is 7.77. The zero-order valence-corrected chi connectivity index (χ0v) is 14.1. The fourth-order valence-electron chi connectivity index (χ4n) is 2.82. The van der Waals surface area contributed by atoms with Gasteiger partial charge in [0.2, 0.25) is 5.91 Å². The summed E-state index contributed by atoms with van der Waals surface area (Å²) in [5.74, 6) is -0.0589. The standard InChI is InChI=1S/C17H21N3O2S/c1-10(20-17(22)15-7-14(21)8-18-15)12-3-5-13(6-4-12)16-11(2)19-9-23-16/h3-6,9-10,14-15,18,21H,7-8H2,1-2H3,(H,20,22)/t10-,14+,15+/m0/s1. The summed E-state index contributed by atoms with van der Waals surface area (Å²) >= 11 is 1.63. The highest BCUT2D eigenvalue weighted by Crippen LogP contribution is 2.28. The number of hydrogen-bond donors (Lipinski definition) is 3. The number of aryl methyl sites for hydroxylation is 1. The molecular formula is C17H21N3O2S. The maximum Gasteiger partial charge on any atom is 0.237 e. The van der Waals surface area contributed by atoms with Gasteiger partial charge in [-0.25, -0.2) is 4.98 Å². The Morgan fingerprint density at radius 1 is 1.43 bits per heavy atom. The lowest BCUT2D eigenvalue weighted by Crippen LogP contribution is -2.41. The molecule has 1 aromatic carbocycles. The molecule has 1 aliphatic rings. The van der Waals surface area contributed by atoms with E-state index in [0.717, 1.165) is 16.8 Å². The van der Waals surface area contributed by atoms with E-state index in [0.29, 0.717) is 13.0 Å². The number of thiazole rings is 1. The van der Waals surface area contributed by atoms with Gasteiger partial charge in [-0.3, -0.25) is 4.79 Å². The minimum absolute atomic E-state index is 0.0589. The third kappa shape index (κ3) is 3.60. The Bertz CT molecular complexity index is 683. The SMILES string of the molecule is Cc1ncsc1-c1ccc([C@H](C)NC(=O)[C@H]2C[C@@H](O)CN2)cc1. The first-order chi connectivity index (χ1) is 11.0. The van der Waals surface area contributed by atoms with Crippen molar-refractivity contribution in [2.24, 2.45) is 0 Å². The van der Waals surface area contributed by atoms with Crippen molar-refractivity contribution in [3.05, 3.63) is 41.0 Å². The molecule has 0 spiro atoms. The highest BCUT2D eigenvalue weighted by atomic mass is 32.1. The molecular weight excluding hydrogens is 310 g/mol. The molecule has 0 saturated carbocycles. The number of hydrogen-bond acceptors (Lipinski definition) is 5. The van der Waals surface area contributed by atoms with Gasteiger partial charge in [0, 0.05) is 6.54 Å². The van der Waals surface area contributed by atoms with Crippen molar-refractivity contribution in [1.82, 2.24) is 15.6 Å². The maximum atomic E-state index is 12.2. The average molecular weight is 331 g/mol. The number of benzene rings is 1. The Kier molecular flexibility index (Phi) is 4.75. The van der Waals surface area contributed by atoms with Gasteiger partial charge in [0.1, 0.15) is 0 Å². The highest BCUT2D eigenvalue weighted by molar-refractivity contribution is 7.13. The van der Waals surface area contributed by atoms with Gasteiger partial charge in [0.05, 0.1) is 34.3 Å². The van der Waals surface area contributed by atoms with Crippen LogP contribution in [0, 0.1) is 6.92 Å².